The van der Waals surface area contributed by atoms with Crippen LogP contribution in [0.1, 0.15) is 17.5 Å². The van der Waals surface area contributed by atoms with Crippen molar-refractivity contribution in [2.45, 2.75) is 37.4 Å². The maximum absolute atomic E-state index is 12.5. The monoisotopic (exact) mass is 469 g/mol. The summed E-state index contributed by atoms with van der Waals surface area (Å²) in [4.78, 5) is 14.7. The first-order valence-electron chi connectivity index (χ1n) is 11.7. The minimum absolute atomic E-state index is 0.299. The summed E-state index contributed by atoms with van der Waals surface area (Å²) in [5.74, 6) is 0.120. The maximum Gasteiger partial charge on any atom is 0.126 e. The fourth-order valence-electron chi connectivity index (χ4n) is 5.92. The van der Waals surface area contributed by atoms with Gasteiger partial charge in [0, 0.05) is 45.7 Å². The van der Waals surface area contributed by atoms with Gasteiger partial charge in [0.05, 0.1) is 38.4 Å². The number of hydrogen-bond acceptors (Lipinski definition) is 7. The molecule has 0 spiro atoms. The lowest BCUT2D eigenvalue weighted by Crippen LogP contribution is -2.75. The molecule has 2 fully saturated rings. The summed E-state index contributed by atoms with van der Waals surface area (Å²) in [6, 6.07) is 17.9. The number of hydrogen-bond donors (Lipinski definition) is 1. The highest BCUT2D eigenvalue weighted by Crippen LogP contribution is 2.52. The number of piperidine rings is 1. The summed E-state index contributed by atoms with van der Waals surface area (Å²) in [5.41, 5.74) is 0.0975. The third-order valence-electron chi connectivity index (χ3n) is 7.47. The molecule has 2 aromatic rings. The Morgan fingerprint density at radius 3 is 2.35 bits per heavy atom. The highest BCUT2D eigenvalue weighted by molar-refractivity contribution is 5.60. The first kappa shape index (κ1) is 24.8. The predicted molar refractivity (Wildman–Crippen MR) is 128 cm³/mol. The lowest BCUT2D eigenvalue weighted by Gasteiger charge is -2.62. The molecular weight excluding hydrogens is 434 g/mol. The molecule has 7 nitrogen and oxygen atoms in total. The van der Waals surface area contributed by atoms with Crippen LogP contribution in [-0.2, 0) is 32.2 Å². The number of carbonyl (C=O) groups is 1. The first-order valence-corrected chi connectivity index (χ1v) is 11.7. The van der Waals surface area contributed by atoms with E-state index >= 15 is 0 Å². The van der Waals surface area contributed by atoms with E-state index in [-0.39, 0.29) is 6.10 Å². The van der Waals surface area contributed by atoms with Crippen molar-refractivity contribution in [3.05, 3.63) is 65.7 Å². The van der Waals surface area contributed by atoms with Gasteiger partial charge >= 0.3 is 0 Å². The standard InChI is InChI=1S/C27H35NO6/c1-31-19-26-17-28(14-20-9-11-22(32-2)12-10-20)18-27(30,23(26)15-29)25(33-3)13-24(26)34-16-21-7-5-4-6-8-21/h4-12,15,23-25,30H,13-14,16-19H2,1-3H3. The number of β-amino-alcohol motifs (C(OH)–C–C–N with tert-alkyl or cyclic N) is 1. The van der Waals surface area contributed by atoms with Crippen LogP contribution in [0, 0.1) is 11.3 Å². The van der Waals surface area contributed by atoms with Crippen LogP contribution in [0.15, 0.2) is 54.6 Å². The second-order valence-electron chi connectivity index (χ2n) is 9.51. The molecule has 1 N–H and O–H groups in total. The molecule has 5 atom stereocenters. The Balaban J connectivity index is 1.66. The Hall–Kier alpha value is -2.29. The van der Waals surface area contributed by atoms with Crippen molar-refractivity contribution >= 4 is 6.29 Å². The molecule has 5 unspecified atom stereocenters. The van der Waals surface area contributed by atoms with E-state index in [4.69, 9.17) is 18.9 Å². The zero-order valence-electron chi connectivity index (χ0n) is 20.2. The lowest BCUT2D eigenvalue weighted by molar-refractivity contribution is -0.272. The molecule has 0 aromatic heterocycles. The van der Waals surface area contributed by atoms with E-state index in [2.05, 4.69) is 4.90 Å². The van der Waals surface area contributed by atoms with Gasteiger partial charge in [0.15, 0.2) is 0 Å². The zero-order chi connectivity index (χ0) is 24.2. The number of likely N-dealkylation sites (tertiary alicyclic amines) is 1. The third kappa shape index (κ3) is 4.63. The Morgan fingerprint density at radius 2 is 1.74 bits per heavy atom. The van der Waals surface area contributed by atoms with Crippen molar-refractivity contribution in [1.82, 2.24) is 4.90 Å². The van der Waals surface area contributed by atoms with Crippen LogP contribution in [-0.4, -0.2) is 75.1 Å². The molecule has 1 saturated carbocycles. The number of ether oxygens (including phenoxy) is 4. The average Bonchev–Trinajstić information content (AvgIpc) is 2.84. The molecule has 1 saturated heterocycles. The van der Waals surface area contributed by atoms with Crippen LogP contribution in [0.4, 0.5) is 0 Å². The maximum atomic E-state index is 12.5. The minimum Gasteiger partial charge on any atom is -0.497 e. The second-order valence-corrected chi connectivity index (χ2v) is 9.51. The molecule has 0 radical (unpaired) electrons. The summed E-state index contributed by atoms with van der Waals surface area (Å²) in [7, 11) is 4.87. The average molecular weight is 470 g/mol. The molecule has 184 valence electrons. The molecule has 1 aliphatic carbocycles. The van der Waals surface area contributed by atoms with Crippen molar-refractivity contribution < 1.29 is 28.8 Å². The quantitative estimate of drug-likeness (QED) is 0.536. The number of nitrogens with zero attached hydrogens (tertiary/aromatic N) is 1. The number of aldehydes is 1. The number of methoxy groups -OCH3 is 3. The summed E-state index contributed by atoms with van der Waals surface area (Å²) in [6.07, 6.45) is 0.511. The molecule has 1 aliphatic heterocycles. The Kier molecular flexibility index (Phi) is 7.70. The van der Waals surface area contributed by atoms with Crippen LogP contribution >= 0.6 is 0 Å². The number of rotatable bonds is 10. The van der Waals surface area contributed by atoms with Gasteiger partial charge in [-0.05, 0) is 23.3 Å². The highest BCUT2D eigenvalue weighted by atomic mass is 16.5. The molecule has 7 heteroatoms. The molecule has 34 heavy (non-hydrogen) atoms. The van der Waals surface area contributed by atoms with E-state index in [1.54, 1.807) is 21.3 Å². The van der Waals surface area contributed by atoms with Gasteiger partial charge in [-0.3, -0.25) is 4.90 Å². The smallest absolute Gasteiger partial charge is 0.126 e. The molecular formula is C27H35NO6. The molecule has 2 bridgehead atoms. The van der Waals surface area contributed by atoms with Crippen LogP contribution in [0.25, 0.3) is 0 Å². The van der Waals surface area contributed by atoms with Crippen LogP contribution in [0.2, 0.25) is 0 Å². The van der Waals surface area contributed by atoms with Gasteiger partial charge in [0.1, 0.15) is 17.6 Å². The fourth-order valence-corrected chi connectivity index (χ4v) is 5.92. The van der Waals surface area contributed by atoms with Crippen molar-refractivity contribution in [1.29, 1.82) is 0 Å². The van der Waals surface area contributed by atoms with Crippen LogP contribution in [0.3, 0.4) is 0 Å². The predicted octanol–water partition coefficient (Wildman–Crippen LogP) is 2.69. The Bertz CT molecular complexity index is 938. The van der Waals surface area contributed by atoms with E-state index in [0.717, 1.165) is 23.2 Å². The summed E-state index contributed by atoms with van der Waals surface area (Å²) in [6.45, 7) is 2.22. The van der Waals surface area contributed by atoms with Crippen LogP contribution in [0.5, 0.6) is 5.75 Å². The first-order chi connectivity index (χ1) is 16.5. The number of benzene rings is 2. The van der Waals surface area contributed by atoms with Gasteiger partial charge in [-0.2, -0.15) is 0 Å². The second kappa shape index (κ2) is 10.5. The van der Waals surface area contributed by atoms with Crippen molar-refractivity contribution in [2.24, 2.45) is 11.3 Å². The molecule has 0 amide bonds. The highest BCUT2D eigenvalue weighted by Gasteiger charge is 2.66. The minimum atomic E-state index is -1.34. The van der Waals surface area contributed by atoms with Crippen molar-refractivity contribution in [3.8, 4) is 5.75 Å². The van der Waals surface area contributed by atoms with Gasteiger partial charge in [0.25, 0.3) is 0 Å². The Morgan fingerprint density at radius 1 is 1.00 bits per heavy atom. The third-order valence-corrected chi connectivity index (χ3v) is 7.47. The largest absolute Gasteiger partial charge is 0.497 e. The van der Waals surface area contributed by atoms with Gasteiger partial charge in [0.2, 0.25) is 0 Å². The van der Waals surface area contributed by atoms with E-state index in [9.17, 15) is 9.90 Å². The van der Waals surface area contributed by atoms with Crippen molar-refractivity contribution in [3.63, 3.8) is 0 Å². The van der Waals surface area contributed by atoms with E-state index in [1.807, 2.05) is 54.6 Å². The number of fused-ring (bicyclic) bond motifs is 2. The van der Waals surface area contributed by atoms with Gasteiger partial charge in [-0.1, -0.05) is 42.5 Å². The van der Waals surface area contributed by atoms with Crippen molar-refractivity contribution in [2.75, 3.05) is 41.0 Å². The normalized spacial score (nSPS) is 31.2. The Labute approximate surface area is 201 Å². The summed E-state index contributed by atoms with van der Waals surface area (Å²) >= 11 is 0. The SMILES string of the molecule is COCC12CN(Cc3ccc(OC)cc3)CC(O)(C(OC)CC1OCc1ccccc1)C2C=O. The van der Waals surface area contributed by atoms with Gasteiger partial charge < -0.3 is 28.8 Å². The zero-order valence-corrected chi connectivity index (χ0v) is 20.2. The van der Waals surface area contributed by atoms with Gasteiger partial charge in [-0.15, -0.1) is 0 Å². The number of aliphatic hydroxyl groups is 1. The van der Waals surface area contributed by atoms with E-state index < -0.39 is 23.0 Å². The molecule has 1 heterocycles. The van der Waals surface area contributed by atoms with E-state index in [0.29, 0.717) is 39.3 Å². The number of carbonyl (C=O) groups excluding carboxylic acids is 1. The lowest BCUT2D eigenvalue weighted by atomic mass is 9.55. The van der Waals surface area contributed by atoms with Crippen LogP contribution < -0.4 is 4.74 Å². The molecule has 2 aliphatic rings. The summed E-state index contributed by atoms with van der Waals surface area (Å²) in [5, 5.41) is 11.9. The fraction of sp³-hybridized carbons (Fsp3) is 0.519. The molecule has 4 rings (SSSR count). The topological polar surface area (TPSA) is 77.5 Å². The molecule has 2 aromatic carbocycles. The van der Waals surface area contributed by atoms with E-state index in [1.165, 1.54) is 0 Å². The summed E-state index contributed by atoms with van der Waals surface area (Å²) < 4.78 is 23.2. The van der Waals surface area contributed by atoms with Gasteiger partial charge in [-0.25, -0.2) is 0 Å².